The fourth-order valence-electron chi connectivity index (χ4n) is 3.45. The summed E-state index contributed by atoms with van der Waals surface area (Å²) in [7, 11) is 0. The number of amides is 1. The van der Waals surface area contributed by atoms with Gasteiger partial charge in [-0.15, -0.1) is 0 Å². The van der Waals surface area contributed by atoms with E-state index in [0.717, 1.165) is 22.3 Å². The molecule has 3 fully saturated rings. The molecule has 2 aliphatic carbocycles. The predicted octanol–water partition coefficient (Wildman–Crippen LogP) is 3.58. The van der Waals surface area contributed by atoms with Crippen LogP contribution in [0, 0.1) is 17.2 Å². The summed E-state index contributed by atoms with van der Waals surface area (Å²) < 4.78 is 3.81. The zero-order valence-corrected chi connectivity index (χ0v) is 15.7. The van der Waals surface area contributed by atoms with E-state index in [9.17, 15) is 4.79 Å². The average molecular weight is 374 g/mol. The second-order valence-electron chi connectivity index (χ2n) is 7.74. The molecule has 28 heavy (non-hydrogen) atoms. The van der Waals surface area contributed by atoms with Gasteiger partial charge in [0.05, 0.1) is 29.5 Å². The van der Waals surface area contributed by atoms with Crippen LogP contribution in [0.1, 0.15) is 44.6 Å². The lowest BCUT2D eigenvalue weighted by atomic mass is 10.1. The number of hydrogen-bond acceptors (Lipinski definition) is 4. The molecule has 1 atom stereocenters. The molecule has 4 heterocycles. The van der Waals surface area contributed by atoms with E-state index in [1.807, 2.05) is 29.2 Å². The van der Waals surface area contributed by atoms with E-state index in [0.29, 0.717) is 19.0 Å². The number of fused-ring (bicyclic) bond motifs is 1. The van der Waals surface area contributed by atoms with Crippen LogP contribution in [-0.2, 0) is 4.79 Å². The van der Waals surface area contributed by atoms with E-state index in [4.69, 9.17) is 5.26 Å². The van der Waals surface area contributed by atoms with E-state index < -0.39 is 5.92 Å². The van der Waals surface area contributed by atoms with Crippen LogP contribution in [-0.4, -0.2) is 31.8 Å². The van der Waals surface area contributed by atoms with E-state index in [1.54, 1.807) is 15.6 Å². The van der Waals surface area contributed by atoms with Crippen LogP contribution in [0.15, 0.2) is 36.9 Å². The molecule has 7 nitrogen and oxygen atoms in total. The largest absolute Gasteiger partial charge is 0.309 e. The number of carbonyl (C=O) groups is 1. The van der Waals surface area contributed by atoms with Crippen molar-refractivity contribution >= 4 is 17.1 Å². The van der Waals surface area contributed by atoms with Crippen LogP contribution in [0.5, 0.6) is 0 Å². The first kappa shape index (κ1) is 17.0. The van der Waals surface area contributed by atoms with Crippen molar-refractivity contribution in [2.75, 3.05) is 11.4 Å². The lowest BCUT2D eigenvalue weighted by Crippen LogP contribution is -2.27. The van der Waals surface area contributed by atoms with Crippen molar-refractivity contribution in [3.63, 3.8) is 0 Å². The van der Waals surface area contributed by atoms with Crippen LogP contribution >= 0.6 is 0 Å². The maximum atomic E-state index is 12.4. The molecule has 0 bridgehead atoms. The van der Waals surface area contributed by atoms with Gasteiger partial charge in [-0.2, -0.15) is 15.5 Å². The lowest BCUT2D eigenvalue weighted by Gasteiger charge is -2.16. The van der Waals surface area contributed by atoms with Gasteiger partial charge in [-0.05, 0) is 31.4 Å². The summed E-state index contributed by atoms with van der Waals surface area (Å²) in [5.41, 5.74) is 3.74. The van der Waals surface area contributed by atoms with Crippen LogP contribution < -0.4 is 4.90 Å². The summed E-state index contributed by atoms with van der Waals surface area (Å²) in [5, 5.41) is 17.9. The van der Waals surface area contributed by atoms with E-state index in [1.165, 1.54) is 32.1 Å². The molecule has 3 aliphatic rings. The zero-order chi connectivity index (χ0) is 19.1. The molecular weight excluding hydrogens is 352 g/mol. The van der Waals surface area contributed by atoms with Crippen LogP contribution in [0.3, 0.4) is 0 Å². The summed E-state index contributed by atoms with van der Waals surface area (Å²) in [6.07, 6.45) is 15.1. The highest BCUT2D eigenvalue weighted by Gasteiger charge is 2.33. The molecular formula is C21H22N6O. The molecule has 0 aromatic carbocycles. The van der Waals surface area contributed by atoms with E-state index in [-0.39, 0.29) is 5.91 Å². The van der Waals surface area contributed by atoms with Gasteiger partial charge in [0, 0.05) is 36.3 Å². The van der Waals surface area contributed by atoms with Gasteiger partial charge < -0.3 is 4.90 Å². The monoisotopic (exact) mass is 374 g/mol. The van der Waals surface area contributed by atoms with Crippen molar-refractivity contribution in [3.05, 3.63) is 36.9 Å². The maximum absolute atomic E-state index is 12.4. The Balaban J connectivity index is 0.000000522. The number of aromatic nitrogens is 4. The third kappa shape index (κ3) is 3.15. The van der Waals surface area contributed by atoms with Crippen LogP contribution in [0.4, 0.5) is 5.69 Å². The molecule has 1 unspecified atom stereocenters. The molecule has 0 radical (unpaired) electrons. The molecule has 1 aliphatic heterocycles. The summed E-state index contributed by atoms with van der Waals surface area (Å²) >= 11 is 0. The smallest absolute Gasteiger partial charge is 0.244 e. The van der Waals surface area contributed by atoms with Gasteiger partial charge >= 0.3 is 0 Å². The minimum Gasteiger partial charge on any atom is -0.309 e. The van der Waals surface area contributed by atoms with E-state index in [2.05, 4.69) is 22.5 Å². The fraction of sp³-hybridized carbons (Fsp3) is 0.429. The Bertz CT molecular complexity index is 1070. The van der Waals surface area contributed by atoms with Gasteiger partial charge in [0.25, 0.3) is 0 Å². The normalized spacial score (nSPS) is 20.8. The van der Waals surface area contributed by atoms with Crippen molar-refractivity contribution in [3.8, 4) is 17.2 Å². The third-order valence-corrected chi connectivity index (χ3v) is 5.35. The highest BCUT2D eigenvalue weighted by atomic mass is 16.2. The quantitative estimate of drug-likeness (QED) is 0.702. The van der Waals surface area contributed by atoms with E-state index >= 15 is 0 Å². The number of nitrogens with zero attached hydrogens (tertiary/aromatic N) is 6. The van der Waals surface area contributed by atoms with Crippen molar-refractivity contribution in [1.29, 1.82) is 5.26 Å². The summed E-state index contributed by atoms with van der Waals surface area (Å²) in [6.45, 7) is 0.566. The maximum Gasteiger partial charge on any atom is 0.244 e. The van der Waals surface area contributed by atoms with Gasteiger partial charge in [-0.1, -0.05) is 19.3 Å². The van der Waals surface area contributed by atoms with Gasteiger partial charge in [0.2, 0.25) is 5.91 Å². The van der Waals surface area contributed by atoms with Crippen molar-refractivity contribution in [2.24, 2.45) is 5.92 Å². The number of nitriles is 1. The Labute approximate surface area is 163 Å². The summed E-state index contributed by atoms with van der Waals surface area (Å²) in [4.78, 5) is 14.1. The molecule has 1 saturated heterocycles. The fourth-order valence-corrected chi connectivity index (χ4v) is 3.45. The van der Waals surface area contributed by atoms with Gasteiger partial charge in [-0.3, -0.25) is 9.48 Å². The van der Waals surface area contributed by atoms with Gasteiger partial charge in [0.1, 0.15) is 5.92 Å². The standard InChI is InChI=1S/C18H16N6O.C3H6/c19-8-12-4-6-22(18(12)25)16-3-5-20-24-10-13(7-17(16)24)14-9-21-23(11-14)15-1-2-15;1-2-3-1/h3,5,7,9-12,15H,1-2,4,6H2;1-3H2. The van der Waals surface area contributed by atoms with Crippen molar-refractivity contribution in [1.82, 2.24) is 19.4 Å². The Morgan fingerprint density at radius 1 is 1.07 bits per heavy atom. The third-order valence-electron chi connectivity index (χ3n) is 5.35. The van der Waals surface area contributed by atoms with Crippen molar-refractivity contribution in [2.45, 2.75) is 44.6 Å². The Morgan fingerprint density at radius 2 is 1.89 bits per heavy atom. The first-order valence-electron chi connectivity index (χ1n) is 9.97. The van der Waals surface area contributed by atoms with Gasteiger partial charge in [-0.25, -0.2) is 4.52 Å². The lowest BCUT2D eigenvalue weighted by molar-refractivity contribution is -0.118. The summed E-state index contributed by atoms with van der Waals surface area (Å²) in [5.74, 6) is -0.667. The molecule has 7 heteroatoms. The molecule has 0 N–H and O–H groups in total. The van der Waals surface area contributed by atoms with Crippen molar-refractivity contribution < 1.29 is 4.79 Å². The van der Waals surface area contributed by atoms with Gasteiger partial charge in [0.15, 0.2) is 0 Å². The number of hydrogen-bond donors (Lipinski definition) is 0. The average Bonchev–Trinajstić information content (AvgIpc) is 3.64. The number of carbonyl (C=O) groups excluding carboxylic acids is 1. The second kappa shape index (κ2) is 6.79. The number of anilines is 1. The molecule has 142 valence electrons. The SMILES string of the molecule is C1CC1.N#CC1CCN(c2ccnn3cc(-c4cnn(C5CC5)c4)cc23)C1=O. The minimum atomic E-state index is -0.542. The summed E-state index contributed by atoms with van der Waals surface area (Å²) in [6, 6.07) is 6.50. The van der Waals surface area contributed by atoms with Crippen LogP contribution in [0.25, 0.3) is 16.6 Å². The molecule has 3 aromatic rings. The van der Waals surface area contributed by atoms with Crippen LogP contribution in [0.2, 0.25) is 0 Å². The topological polar surface area (TPSA) is 79.2 Å². The molecule has 6 rings (SSSR count). The Morgan fingerprint density at radius 3 is 2.57 bits per heavy atom. The first-order valence-corrected chi connectivity index (χ1v) is 9.97. The Hall–Kier alpha value is -3.14. The zero-order valence-electron chi connectivity index (χ0n) is 15.7. The highest BCUT2D eigenvalue weighted by Crippen LogP contribution is 2.36. The molecule has 3 aromatic heterocycles. The first-order chi connectivity index (χ1) is 13.7. The Kier molecular flexibility index (Phi) is 4.12. The molecule has 2 saturated carbocycles. The minimum absolute atomic E-state index is 0.125. The second-order valence-corrected chi connectivity index (χ2v) is 7.74. The highest BCUT2D eigenvalue weighted by molar-refractivity contribution is 6.02. The molecule has 1 amide bonds. The predicted molar refractivity (Wildman–Crippen MR) is 105 cm³/mol. The molecule has 0 spiro atoms. The number of rotatable bonds is 3.